The van der Waals surface area contributed by atoms with Gasteiger partial charge >= 0.3 is 0 Å². The Balaban J connectivity index is 2.12. The number of hydrogen-bond donors (Lipinski definition) is 1. The molecule has 0 aliphatic heterocycles. The number of amides is 1. The van der Waals surface area contributed by atoms with Gasteiger partial charge in [-0.15, -0.1) is 0 Å². The lowest BCUT2D eigenvalue weighted by atomic mass is 10.1. The molecular weight excluding hydrogens is 346 g/mol. The molecule has 0 fully saturated rings. The van der Waals surface area contributed by atoms with E-state index in [2.05, 4.69) is 12.2 Å². The highest BCUT2D eigenvalue weighted by molar-refractivity contribution is 6.31. The maximum Gasteiger partial charge on any atom is 0.245 e. The summed E-state index contributed by atoms with van der Waals surface area (Å²) < 4.78 is 1.84. The van der Waals surface area contributed by atoms with Crippen LogP contribution in [0.15, 0.2) is 48.5 Å². The summed E-state index contributed by atoms with van der Waals surface area (Å²) in [5, 5.41) is 9.52. The molecule has 3 aromatic rings. The van der Waals surface area contributed by atoms with E-state index >= 15 is 0 Å². The Labute approximate surface area is 159 Å². The van der Waals surface area contributed by atoms with Gasteiger partial charge < -0.3 is 5.32 Å². The van der Waals surface area contributed by atoms with E-state index in [4.69, 9.17) is 16.7 Å². The normalized spacial score (nSPS) is 13.5. The fourth-order valence-electron chi connectivity index (χ4n) is 3.07. The van der Waals surface area contributed by atoms with Crippen LogP contribution >= 0.6 is 11.6 Å². The van der Waals surface area contributed by atoms with Crippen LogP contribution in [0, 0.1) is 0 Å². The SMILES string of the molecule is CC[C@@H](C)NC(=O)[C@@H](CC)n1nc(-c2ccccc2)c2cc(Cl)ccc21. The average Bonchev–Trinajstić information content (AvgIpc) is 3.01. The van der Waals surface area contributed by atoms with Gasteiger partial charge in [-0.05, 0) is 38.0 Å². The summed E-state index contributed by atoms with van der Waals surface area (Å²) in [5.74, 6) is 0.000752. The van der Waals surface area contributed by atoms with Crippen molar-refractivity contribution in [1.82, 2.24) is 15.1 Å². The Bertz CT molecular complexity index is 904. The molecule has 136 valence electrons. The van der Waals surface area contributed by atoms with Gasteiger partial charge in [-0.1, -0.05) is 55.8 Å². The van der Waals surface area contributed by atoms with Crippen LogP contribution in [0.3, 0.4) is 0 Å². The number of hydrogen-bond acceptors (Lipinski definition) is 2. The molecule has 1 heterocycles. The third kappa shape index (κ3) is 3.61. The quantitative estimate of drug-likeness (QED) is 0.647. The van der Waals surface area contributed by atoms with E-state index in [0.717, 1.165) is 28.6 Å². The van der Waals surface area contributed by atoms with Crippen molar-refractivity contribution in [2.75, 3.05) is 0 Å². The summed E-state index contributed by atoms with van der Waals surface area (Å²) in [7, 11) is 0. The lowest BCUT2D eigenvalue weighted by molar-refractivity contribution is -0.125. The van der Waals surface area contributed by atoms with Gasteiger partial charge in [0.05, 0.1) is 5.52 Å². The predicted molar refractivity (Wildman–Crippen MR) is 107 cm³/mol. The number of aromatic nitrogens is 2. The molecule has 0 bridgehead atoms. The molecule has 0 aliphatic rings. The van der Waals surface area contributed by atoms with E-state index in [1.54, 1.807) is 0 Å². The van der Waals surface area contributed by atoms with Crippen LogP contribution in [0.4, 0.5) is 0 Å². The first-order valence-corrected chi connectivity index (χ1v) is 9.46. The Morgan fingerprint density at radius 1 is 1.15 bits per heavy atom. The predicted octanol–water partition coefficient (Wildman–Crippen LogP) is 5.22. The highest BCUT2D eigenvalue weighted by atomic mass is 35.5. The first-order valence-electron chi connectivity index (χ1n) is 9.08. The van der Waals surface area contributed by atoms with Crippen molar-refractivity contribution in [3.05, 3.63) is 53.6 Å². The van der Waals surface area contributed by atoms with Crippen molar-refractivity contribution in [2.45, 2.75) is 45.7 Å². The molecule has 4 nitrogen and oxygen atoms in total. The zero-order valence-electron chi connectivity index (χ0n) is 15.4. The third-order valence-electron chi connectivity index (χ3n) is 4.70. The minimum absolute atomic E-state index is 0.000752. The second-order valence-electron chi connectivity index (χ2n) is 6.56. The maximum atomic E-state index is 12.8. The summed E-state index contributed by atoms with van der Waals surface area (Å²) in [6.45, 7) is 6.08. The van der Waals surface area contributed by atoms with Crippen molar-refractivity contribution in [3.8, 4) is 11.3 Å². The Morgan fingerprint density at radius 3 is 2.54 bits per heavy atom. The number of carbonyl (C=O) groups excluding carboxylic acids is 1. The molecule has 5 heteroatoms. The Kier molecular flexibility index (Phi) is 5.62. The van der Waals surface area contributed by atoms with E-state index in [1.165, 1.54) is 0 Å². The minimum atomic E-state index is -0.356. The van der Waals surface area contributed by atoms with Gasteiger partial charge in [0.25, 0.3) is 0 Å². The van der Waals surface area contributed by atoms with Gasteiger partial charge in [-0.3, -0.25) is 9.48 Å². The van der Waals surface area contributed by atoms with Gasteiger partial charge in [0.2, 0.25) is 5.91 Å². The fourth-order valence-corrected chi connectivity index (χ4v) is 3.24. The first kappa shape index (κ1) is 18.5. The van der Waals surface area contributed by atoms with Crippen LogP contribution in [0.25, 0.3) is 22.2 Å². The zero-order valence-corrected chi connectivity index (χ0v) is 16.1. The largest absolute Gasteiger partial charge is 0.352 e. The molecule has 0 spiro atoms. The van der Waals surface area contributed by atoms with E-state index in [0.29, 0.717) is 11.4 Å². The third-order valence-corrected chi connectivity index (χ3v) is 4.94. The molecule has 0 saturated carbocycles. The van der Waals surface area contributed by atoms with E-state index in [-0.39, 0.29) is 18.0 Å². The molecule has 3 rings (SSSR count). The van der Waals surface area contributed by atoms with Crippen molar-refractivity contribution in [1.29, 1.82) is 0 Å². The fraction of sp³-hybridized carbons (Fsp3) is 0.333. The van der Waals surface area contributed by atoms with Crippen molar-refractivity contribution in [2.24, 2.45) is 0 Å². The smallest absolute Gasteiger partial charge is 0.245 e. The Hall–Kier alpha value is -2.33. The standard InChI is InChI=1S/C21H24ClN3O/c1-4-14(3)23-21(26)18(5-2)25-19-12-11-16(22)13-17(19)20(24-25)15-9-7-6-8-10-15/h6-14,18H,4-5H2,1-3H3,(H,23,26)/t14-,18-/m1/s1. The van der Waals surface area contributed by atoms with Crippen LogP contribution in [0.2, 0.25) is 5.02 Å². The van der Waals surface area contributed by atoms with Gasteiger partial charge in [-0.2, -0.15) is 5.10 Å². The second kappa shape index (κ2) is 7.92. The van der Waals surface area contributed by atoms with Gasteiger partial charge in [0.15, 0.2) is 0 Å². The molecular formula is C21H24ClN3O. The average molecular weight is 370 g/mol. The van der Waals surface area contributed by atoms with Crippen LogP contribution in [-0.2, 0) is 4.79 Å². The van der Waals surface area contributed by atoms with Gasteiger partial charge in [-0.25, -0.2) is 0 Å². The molecule has 1 N–H and O–H groups in total. The lowest BCUT2D eigenvalue weighted by Gasteiger charge is -2.19. The highest BCUT2D eigenvalue weighted by Crippen LogP contribution is 2.32. The molecule has 0 aliphatic carbocycles. The summed E-state index contributed by atoms with van der Waals surface area (Å²) >= 11 is 6.23. The lowest BCUT2D eigenvalue weighted by Crippen LogP contribution is -2.38. The number of nitrogens with one attached hydrogen (secondary N) is 1. The monoisotopic (exact) mass is 369 g/mol. The highest BCUT2D eigenvalue weighted by Gasteiger charge is 2.24. The van der Waals surface area contributed by atoms with Crippen LogP contribution in [0.5, 0.6) is 0 Å². The summed E-state index contributed by atoms with van der Waals surface area (Å²) in [5.41, 5.74) is 2.77. The molecule has 1 aromatic heterocycles. The first-order chi connectivity index (χ1) is 12.5. The van der Waals surface area contributed by atoms with E-state index < -0.39 is 0 Å². The number of halogens is 1. The molecule has 2 aromatic carbocycles. The van der Waals surface area contributed by atoms with Crippen molar-refractivity contribution in [3.63, 3.8) is 0 Å². The number of benzene rings is 2. The topological polar surface area (TPSA) is 46.9 Å². The van der Waals surface area contributed by atoms with Gasteiger partial charge in [0, 0.05) is 22.0 Å². The number of rotatable bonds is 6. The van der Waals surface area contributed by atoms with Crippen LogP contribution < -0.4 is 5.32 Å². The Morgan fingerprint density at radius 2 is 1.88 bits per heavy atom. The van der Waals surface area contributed by atoms with Gasteiger partial charge in [0.1, 0.15) is 11.7 Å². The summed E-state index contributed by atoms with van der Waals surface area (Å²) in [6.07, 6.45) is 1.56. The van der Waals surface area contributed by atoms with Crippen LogP contribution in [-0.4, -0.2) is 21.7 Å². The maximum absolute atomic E-state index is 12.8. The number of nitrogens with zero attached hydrogens (tertiary/aromatic N) is 2. The van der Waals surface area contributed by atoms with Crippen molar-refractivity contribution < 1.29 is 4.79 Å². The van der Waals surface area contributed by atoms with E-state index in [1.807, 2.05) is 67.1 Å². The molecule has 26 heavy (non-hydrogen) atoms. The summed E-state index contributed by atoms with van der Waals surface area (Å²) in [6, 6.07) is 15.5. The molecule has 0 unspecified atom stereocenters. The zero-order chi connectivity index (χ0) is 18.7. The van der Waals surface area contributed by atoms with E-state index in [9.17, 15) is 4.79 Å². The molecule has 0 saturated heterocycles. The molecule has 1 amide bonds. The van der Waals surface area contributed by atoms with Crippen LogP contribution in [0.1, 0.15) is 39.7 Å². The van der Waals surface area contributed by atoms with Crippen molar-refractivity contribution >= 4 is 28.4 Å². The number of fused-ring (bicyclic) bond motifs is 1. The minimum Gasteiger partial charge on any atom is -0.352 e. The molecule has 2 atom stereocenters. The number of carbonyl (C=O) groups is 1. The summed E-state index contributed by atoms with van der Waals surface area (Å²) in [4.78, 5) is 12.8. The second-order valence-corrected chi connectivity index (χ2v) is 7.00. The molecule has 0 radical (unpaired) electrons.